The zero-order chi connectivity index (χ0) is 9.97. The van der Waals surface area contributed by atoms with Crippen molar-refractivity contribution in [1.29, 1.82) is 0 Å². The second kappa shape index (κ2) is 4.29. The van der Waals surface area contributed by atoms with Crippen molar-refractivity contribution < 1.29 is 4.79 Å². The molecule has 0 spiro atoms. The fourth-order valence-corrected chi connectivity index (χ4v) is 1.93. The SMILES string of the molecule is O=C(NCC1CC1)c1ccccc1I. The molecule has 0 heterocycles. The van der Waals surface area contributed by atoms with Crippen LogP contribution < -0.4 is 5.32 Å². The number of amides is 1. The Morgan fingerprint density at radius 2 is 2.14 bits per heavy atom. The van der Waals surface area contributed by atoms with Crippen LogP contribution in [0.4, 0.5) is 0 Å². The van der Waals surface area contributed by atoms with Gasteiger partial charge in [-0.15, -0.1) is 0 Å². The van der Waals surface area contributed by atoms with Gasteiger partial charge in [0, 0.05) is 10.1 Å². The molecule has 74 valence electrons. The first kappa shape index (κ1) is 9.96. The molecule has 1 amide bonds. The second-order valence-corrected chi connectivity index (χ2v) is 4.80. The second-order valence-electron chi connectivity index (χ2n) is 3.63. The van der Waals surface area contributed by atoms with E-state index in [4.69, 9.17) is 0 Å². The van der Waals surface area contributed by atoms with Crippen LogP contribution >= 0.6 is 22.6 Å². The quantitative estimate of drug-likeness (QED) is 0.854. The van der Waals surface area contributed by atoms with Crippen molar-refractivity contribution in [1.82, 2.24) is 5.32 Å². The van der Waals surface area contributed by atoms with Gasteiger partial charge in [0.15, 0.2) is 0 Å². The van der Waals surface area contributed by atoms with E-state index >= 15 is 0 Å². The van der Waals surface area contributed by atoms with E-state index in [1.807, 2.05) is 24.3 Å². The van der Waals surface area contributed by atoms with Crippen LogP contribution in [0.5, 0.6) is 0 Å². The molecular formula is C11H12INO. The number of rotatable bonds is 3. The molecule has 2 nitrogen and oxygen atoms in total. The summed E-state index contributed by atoms with van der Waals surface area (Å²) in [5.74, 6) is 0.794. The number of carbonyl (C=O) groups is 1. The molecule has 0 aliphatic heterocycles. The van der Waals surface area contributed by atoms with Gasteiger partial charge >= 0.3 is 0 Å². The molecule has 14 heavy (non-hydrogen) atoms. The van der Waals surface area contributed by atoms with Gasteiger partial charge in [0.25, 0.3) is 5.91 Å². The van der Waals surface area contributed by atoms with Crippen LogP contribution in [0, 0.1) is 9.49 Å². The Morgan fingerprint density at radius 3 is 2.79 bits per heavy atom. The van der Waals surface area contributed by atoms with Crippen molar-refractivity contribution in [3.63, 3.8) is 0 Å². The predicted octanol–water partition coefficient (Wildman–Crippen LogP) is 2.43. The van der Waals surface area contributed by atoms with E-state index < -0.39 is 0 Å². The highest BCUT2D eigenvalue weighted by molar-refractivity contribution is 14.1. The van der Waals surface area contributed by atoms with Gasteiger partial charge in [-0.3, -0.25) is 4.79 Å². The maximum atomic E-state index is 11.7. The molecule has 0 radical (unpaired) electrons. The molecule has 0 unspecified atom stereocenters. The van der Waals surface area contributed by atoms with Crippen LogP contribution in [0.2, 0.25) is 0 Å². The van der Waals surface area contributed by atoms with Crippen LogP contribution in [-0.2, 0) is 0 Å². The Hall–Kier alpha value is -0.580. The third kappa shape index (κ3) is 2.47. The molecule has 0 bridgehead atoms. The molecule has 3 heteroatoms. The van der Waals surface area contributed by atoms with Gasteiger partial charge in [-0.1, -0.05) is 12.1 Å². The standard InChI is InChI=1S/C11H12INO/c12-10-4-2-1-3-9(10)11(14)13-7-8-5-6-8/h1-4,8H,5-7H2,(H,13,14). The van der Waals surface area contributed by atoms with E-state index in [9.17, 15) is 4.79 Å². The van der Waals surface area contributed by atoms with Gasteiger partial charge in [-0.05, 0) is 53.5 Å². The minimum atomic E-state index is 0.0573. The zero-order valence-corrected chi connectivity index (χ0v) is 9.95. The van der Waals surface area contributed by atoms with Crippen molar-refractivity contribution in [2.24, 2.45) is 5.92 Å². The van der Waals surface area contributed by atoms with Gasteiger partial charge in [-0.2, -0.15) is 0 Å². The lowest BCUT2D eigenvalue weighted by Crippen LogP contribution is -2.26. The molecule has 1 aliphatic rings. The van der Waals surface area contributed by atoms with Crippen LogP contribution in [0.3, 0.4) is 0 Å². The average Bonchev–Trinajstić information content (AvgIpc) is 2.98. The first-order valence-corrected chi connectivity index (χ1v) is 5.88. The number of halogens is 1. The summed E-state index contributed by atoms with van der Waals surface area (Å²) in [7, 11) is 0. The molecule has 1 aliphatic carbocycles. The van der Waals surface area contributed by atoms with Crippen molar-refractivity contribution in [2.75, 3.05) is 6.54 Å². The van der Waals surface area contributed by atoms with Crippen LogP contribution in [0.15, 0.2) is 24.3 Å². The van der Waals surface area contributed by atoms with Crippen molar-refractivity contribution in [3.05, 3.63) is 33.4 Å². The Bertz CT molecular complexity index is 347. The van der Waals surface area contributed by atoms with Gasteiger partial charge in [0.1, 0.15) is 0 Å². The van der Waals surface area contributed by atoms with Gasteiger partial charge in [0.05, 0.1) is 5.56 Å². The van der Waals surface area contributed by atoms with Crippen molar-refractivity contribution >= 4 is 28.5 Å². The lowest BCUT2D eigenvalue weighted by Gasteiger charge is -2.05. The molecule has 1 fully saturated rings. The van der Waals surface area contributed by atoms with Crippen molar-refractivity contribution in [2.45, 2.75) is 12.8 Å². The van der Waals surface area contributed by atoms with Gasteiger partial charge in [-0.25, -0.2) is 0 Å². The molecule has 0 saturated heterocycles. The highest BCUT2D eigenvalue weighted by Crippen LogP contribution is 2.27. The lowest BCUT2D eigenvalue weighted by molar-refractivity contribution is 0.0951. The monoisotopic (exact) mass is 301 g/mol. The smallest absolute Gasteiger partial charge is 0.252 e. The minimum Gasteiger partial charge on any atom is -0.352 e. The Balaban J connectivity index is 1.98. The van der Waals surface area contributed by atoms with Crippen LogP contribution in [0.25, 0.3) is 0 Å². The van der Waals surface area contributed by atoms with Gasteiger partial charge in [0.2, 0.25) is 0 Å². The van der Waals surface area contributed by atoms with Gasteiger partial charge < -0.3 is 5.32 Å². The summed E-state index contributed by atoms with van der Waals surface area (Å²) in [6.45, 7) is 0.837. The first-order chi connectivity index (χ1) is 6.77. The maximum Gasteiger partial charge on any atom is 0.252 e. The van der Waals surface area contributed by atoms with E-state index in [0.717, 1.165) is 21.6 Å². The third-order valence-electron chi connectivity index (χ3n) is 2.37. The molecule has 1 saturated carbocycles. The molecule has 1 aromatic rings. The molecule has 1 aromatic carbocycles. The molecule has 2 rings (SSSR count). The fraction of sp³-hybridized carbons (Fsp3) is 0.364. The predicted molar refractivity (Wildman–Crippen MR) is 64.2 cm³/mol. The number of nitrogens with one attached hydrogen (secondary N) is 1. The zero-order valence-electron chi connectivity index (χ0n) is 7.79. The summed E-state index contributed by atoms with van der Waals surface area (Å²) in [5, 5.41) is 2.96. The van der Waals surface area contributed by atoms with Crippen LogP contribution in [-0.4, -0.2) is 12.5 Å². The maximum absolute atomic E-state index is 11.7. The summed E-state index contributed by atoms with van der Waals surface area (Å²) >= 11 is 2.19. The number of hydrogen-bond donors (Lipinski definition) is 1. The largest absolute Gasteiger partial charge is 0.352 e. The number of hydrogen-bond acceptors (Lipinski definition) is 1. The topological polar surface area (TPSA) is 29.1 Å². The van der Waals surface area contributed by atoms with E-state index in [0.29, 0.717) is 0 Å². The Morgan fingerprint density at radius 1 is 1.43 bits per heavy atom. The normalized spacial score (nSPS) is 15.2. The molecule has 0 aromatic heterocycles. The van der Waals surface area contributed by atoms with E-state index in [1.165, 1.54) is 12.8 Å². The number of carbonyl (C=O) groups excluding carboxylic acids is 1. The fourth-order valence-electron chi connectivity index (χ4n) is 1.30. The molecule has 0 atom stereocenters. The first-order valence-electron chi connectivity index (χ1n) is 4.80. The third-order valence-corrected chi connectivity index (χ3v) is 3.31. The average molecular weight is 301 g/mol. The molecular weight excluding hydrogens is 289 g/mol. The lowest BCUT2D eigenvalue weighted by atomic mass is 10.2. The summed E-state index contributed by atoms with van der Waals surface area (Å²) in [5.41, 5.74) is 0.786. The Kier molecular flexibility index (Phi) is 3.05. The Labute approximate surface area is 97.2 Å². The summed E-state index contributed by atoms with van der Waals surface area (Å²) in [6.07, 6.45) is 2.54. The molecule has 1 N–H and O–H groups in total. The van der Waals surface area contributed by atoms with E-state index in [2.05, 4.69) is 27.9 Å². The van der Waals surface area contributed by atoms with E-state index in [-0.39, 0.29) is 5.91 Å². The summed E-state index contributed by atoms with van der Waals surface area (Å²) in [6, 6.07) is 7.66. The highest BCUT2D eigenvalue weighted by Gasteiger charge is 2.22. The summed E-state index contributed by atoms with van der Waals surface area (Å²) in [4.78, 5) is 11.7. The van der Waals surface area contributed by atoms with Crippen LogP contribution in [0.1, 0.15) is 23.2 Å². The highest BCUT2D eigenvalue weighted by atomic mass is 127. The van der Waals surface area contributed by atoms with Crippen molar-refractivity contribution in [3.8, 4) is 0 Å². The minimum absolute atomic E-state index is 0.0573. The van der Waals surface area contributed by atoms with E-state index in [1.54, 1.807) is 0 Å². The summed E-state index contributed by atoms with van der Waals surface area (Å²) < 4.78 is 1.01. The number of benzene rings is 1.